The lowest BCUT2D eigenvalue weighted by Crippen LogP contribution is -2.42. The zero-order valence-electron chi connectivity index (χ0n) is 16.8. The van der Waals surface area contributed by atoms with Gasteiger partial charge in [0.05, 0.1) is 23.3 Å². The van der Waals surface area contributed by atoms with Crippen molar-refractivity contribution in [1.82, 2.24) is 35.6 Å². The van der Waals surface area contributed by atoms with Gasteiger partial charge in [-0.25, -0.2) is 9.36 Å². The van der Waals surface area contributed by atoms with E-state index < -0.39 is 11.8 Å². The second-order valence-corrected chi connectivity index (χ2v) is 6.82. The maximum atomic E-state index is 12.5. The van der Waals surface area contributed by atoms with E-state index >= 15 is 0 Å². The van der Waals surface area contributed by atoms with Gasteiger partial charge in [0.2, 0.25) is 0 Å². The molecule has 0 aliphatic heterocycles. The molecule has 10 heteroatoms. The molecule has 4 rings (SSSR count). The molecular formula is C21H19N7O3. The smallest absolute Gasteiger partial charge is 0.294 e. The molecule has 2 amide bonds. The third-order valence-electron chi connectivity index (χ3n) is 4.61. The van der Waals surface area contributed by atoms with Gasteiger partial charge in [-0.05, 0) is 38.1 Å². The Balaban J connectivity index is 1.45. The van der Waals surface area contributed by atoms with Crippen LogP contribution in [0.3, 0.4) is 0 Å². The molecule has 0 saturated carbocycles. The average molecular weight is 417 g/mol. The third-order valence-corrected chi connectivity index (χ3v) is 4.61. The lowest BCUT2D eigenvalue weighted by molar-refractivity contribution is 0.0839. The summed E-state index contributed by atoms with van der Waals surface area (Å²) in [4.78, 5) is 24.9. The summed E-state index contributed by atoms with van der Waals surface area (Å²) in [5, 5.41) is 22.0. The molecule has 2 aromatic heterocycles. The number of carbonyl (C=O) groups is 2. The molecule has 0 radical (unpaired) electrons. The minimum Gasteiger partial charge on any atom is -0.504 e. The molecule has 0 saturated heterocycles. The number of aromatic nitrogens is 5. The average Bonchev–Trinajstić information content (AvgIpc) is 3.36. The normalized spacial score (nSPS) is 10.6. The number of nitrogens with zero attached hydrogens (tertiary/aromatic N) is 5. The van der Waals surface area contributed by atoms with Gasteiger partial charge in [0, 0.05) is 0 Å². The van der Waals surface area contributed by atoms with Crippen LogP contribution in [0.25, 0.3) is 11.4 Å². The second kappa shape index (κ2) is 8.11. The Morgan fingerprint density at radius 1 is 0.871 bits per heavy atom. The number of aryl methyl sites for hydroxylation is 1. The number of hydrogen-bond acceptors (Lipinski definition) is 6. The summed E-state index contributed by atoms with van der Waals surface area (Å²) in [6.45, 7) is 3.67. The molecule has 4 aromatic rings. The molecule has 0 aliphatic rings. The number of hydrazine groups is 1. The summed E-state index contributed by atoms with van der Waals surface area (Å²) < 4.78 is 2.90. The molecule has 2 aromatic carbocycles. The van der Waals surface area contributed by atoms with Crippen LogP contribution in [0.1, 0.15) is 32.2 Å². The van der Waals surface area contributed by atoms with Crippen molar-refractivity contribution in [2.24, 2.45) is 0 Å². The first-order valence-corrected chi connectivity index (χ1v) is 9.38. The fourth-order valence-electron chi connectivity index (χ4n) is 2.94. The largest absolute Gasteiger partial charge is 0.504 e. The van der Waals surface area contributed by atoms with Crippen molar-refractivity contribution >= 4 is 11.8 Å². The lowest BCUT2D eigenvalue weighted by Gasteiger charge is -2.06. The van der Waals surface area contributed by atoms with Crippen LogP contribution in [-0.4, -0.2) is 41.7 Å². The molecule has 0 spiro atoms. The molecule has 0 atom stereocenters. The van der Waals surface area contributed by atoms with Crippen molar-refractivity contribution in [2.45, 2.75) is 13.8 Å². The molecule has 0 unspecified atom stereocenters. The van der Waals surface area contributed by atoms with Crippen LogP contribution in [0.15, 0.2) is 60.8 Å². The summed E-state index contributed by atoms with van der Waals surface area (Å²) in [5.74, 6) is -1.74. The fourth-order valence-corrected chi connectivity index (χ4v) is 2.94. The summed E-state index contributed by atoms with van der Waals surface area (Å²) in [6.07, 6.45) is 1.31. The zero-order valence-corrected chi connectivity index (χ0v) is 16.8. The van der Waals surface area contributed by atoms with Gasteiger partial charge in [0.15, 0.2) is 17.1 Å². The Morgan fingerprint density at radius 3 is 2.19 bits per heavy atom. The highest BCUT2D eigenvalue weighted by atomic mass is 16.3. The van der Waals surface area contributed by atoms with E-state index in [0.29, 0.717) is 11.4 Å². The number of benzene rings is 2. The minimum absolute atomic E-state index is 0.0555. The molecule has 3 N–H and O–H groups in total. The van der Waals surface area contributed by atoms with E-state index in [1.54, 1.807) is 31.2 Å². The van der Waals surface area contributed by atoms with Gasteiger partial charge in [-0.2, -0.15) is 5.10 Å². The molecule has 0 aliphatic carbocycles. The maximum absolute atomic E-state index is 12.5. The van der Waals surface area contributed by atoms with Gasteiger partial charge in [-0.3, -0.25) is 20.4 Å². The Kier molecular flexibility index (Phi) is 5.19. The van der Waals surface area contributed by atoms with Crippen molar-refractivity contribution < 1.29 is 14.7 Å². The number of carbonyl (C=O) groups excluding carboxylic acids is 2. The Labute approximate surface area is 177 Å². The number of rotatable bonds is 4. The summed E-state index contributed by atoms with van der Waals surface area (Å²) in [5.41, 5.74) is 7.37. The van der Waals surface area contributed by atoms with Crippen LogP contribution < -0.4 is 10.9 Å². The predicted octanol–water partition coefficient (Wildman–Crippen LogP) is 1.85. The van der Waals surface area contributed by atoms with Crippen LogP contribution in [0.5, 0.6) is 5.75 Å². The maximum Gasteiger partial charge on any atom is 0.294 e. The van der Waals surface area contributed by atoms with Gasteiger partial charge in [-0.15, -0.1) is 5.10 Å². The molecule has 0 bridgehead atoms. The number of nitrogens with one attached hydrogen (secondary N) is 2. The van der Waals surface area contributed by atoms with E-state index in [2.05, 4.69) is 26.3 Å². The first kappa shape index (κ1) is 19.8. The van der Waals surface area contributed by atoms with Crippen LogP contribution in [0.4, 0.5) is 0 Å². The molecular weight excluding hydrogens is 398 g/mol. The number of hydrogen-bond donors (Lipinski definition) is 3. The predicted molar refractivity (Wildman–Crippen MR) is 111 cm³/mol. The van der Waals surface area contributed by atoms with Crippen molar-refractivity contribution in [3.05, 3.63) is 83.4 Å². The topological polar surface area (TPSA) is 127 Å². The van der Waals surface area contributed by atoms with Gasteiger partial charge >= 0.3 is 0 Å². The standard InChI is InChI=1S/C21H19N7O3/c1-13-8-10-16(11-9-13)28-14(2)18(22-26-28)20(30)23-24-21(31)19-17(29)12-27(25-19)15-6-4-3-5-7-15/h3-12,29H,1-2H3,(H,23,30)(H,24,31). The van der Waals surface area contributed by atoms with Crippen molar-refractivity contribution in [1.29, 1.82) is 0 Å². The Hall–Kier alpha value is -4.47. The van der Waals surface area contributed by atoms with Crippen LogP contribution in [0, 0.1) is 13.8 Å². The van der Waals surface area contributed by atoms with Crippen molar-refractivity contribution in [3.8, 4) is 17.1 Å². The van der Waals surface area contributed by atoms with E-state index in [1.807, 2.05) is 37.3 Å². The SMILES string of the molecule is Cc1ccc(-n2nnc(C(=O)NNC(=O)c3nn(-c4ccccc4)cc3O)c2C)cc1. The van der Waals surface area contributed by atoms with E-state index in [1.165, 1.54) is 15.6 Å². The highest BCUT2D eigenvalue weighted by molar-refractivity contribution is 5.99. The Bertz CT molecular complexity index is 1240. The number of amides is 2. The molecule has 10 nitrogen and oxygen atoms in total. The molecule has 31 heavy (non-hydrogen) atoms. The van der Waals surface area contributed by atoms with Gasteiger partial charge < -0.3 is 5.11 Å². The fraction of sp³-hybridized carbons (Fsp3) is 0.0952. The zero-order chi connectivity index (χ0) is 22.0. The monoisotopic (exact) mass is 417 g/mol. The summed E-state index contributed by atoms with van der Waals surface area (Å²) >= 11 is 0. The van der Waals surface area contributed by atoms with Crippen LogP contribution in [-0.2, 0) is 0 Å². The van der Waals surface area contributed by atoms with E-state index in [9.17, 15) is 14.7 Å². The van der Waals surface area contributed by atoms with E-state index in [4.69, 9.17) is 0 Å². The quantitative estimate of drug-likeness (QED) is 0.435. The lowest BCUT2D eigenvalue weighted by atomic mass is 10.2. The van der Waals surface area contributed by atoms with E-state index in [0.717, 1.165) is 11.3 Å². The Morgan fingerprint density at radius 2 is 1.52 bits per heavy atom. The van der Waals surface area contributed by atoms with Gasteiger partial charge in [-0.1, -0.05) is 41.1 Å². The summed E-state index contributed by atoms with van der Waals surface area (Å²) in [7, 11) is 0. The summed E-state index contributed by atoms with van der Waals surface area (Å²) in [6, 6.07) is 16.6. The number of aromatic hydroxyl groups is 1. The molecule has 156 valence electrons. The molecule has 2 heterocycles. The third kappa shape index (κ3) is 3.99. The highest BCUT2D eigenvalue weighted by Gasteiger charge is 2.21. The van der Waals surface area contributed by atoms with Crippen molar-refractivity contribution in [2.75, 3.05) is 0 Å². The second-order valence-electron chi connectivity index (χ2n) is 6.82. The van der Waals surface area contributed by atoms with Crippen LogP contribution >= 0.6 is 0 Å². The van der Waals surface area contributed by atoms with Gasteiger partial charge in [0.25, 0.3) is 11.8 Å². The molecule has 0 fully saturated rings. The number of para-hydroxylation sites is 1. The van der Waals surface area contributed by atoms with Gasteiger partial charge in [0.1, 0.15) is 0 Å². The first-order valence-electron chi connectivity index (χ1n) is 9.38. The van der Waals surface area contributed by atoms with E-state index in [-0.39, 0.29) is 17.1 Å². The van der Waals surface area contributed by atoms with Crippen LogP contribution in [0.2, 0.25) is 0 Å². The highest BCUT2D eigenvalue weighted by Crippen LogP contribution is 2.18. The first-order chi connectivity index (χ1) is 14.9. The minimum atomic E-state index is -0.774. The van der Waals surface area contributed by atoms with Crippen molar-refractivity contribution in [3.63, 3.8) is 0 Å².